The second-order valence-corrected chi connectivity index (χ2v) is 5.42. The number of nitrogens with one attached hydrogen (secondary N) is 2. The molecule has 1 unspecified atom stereocenters. The molecule has 1 atom stereocenters. The lowest BCUT2D eigenvalue weighted by Gasteiger charge is -2.13. The van der Waals surface area contributed by atoms with Crippen LogP contribution in [0.5, 0.6) is 0 Å². The molecule has 5 nitrogen and oxygen atoms in total. The maximum atomic E-state index is 11.8. The Hall–Kier alpha value is -1.66. The van der Waals surface area contributed by atoms with Crippen LogP contribution in [0.25, 0.3) is 0 Å². The van der Waals surface area contributed by atoms with E-state index in [0.717, 1.165) is 5.57 Å². The number of thiophene rings is 1. The van der Waals surface area contributed by atoms with Crippen molar-refractivity contribution in [1.82, 2.24) is 10.6 Å². The third-order valence-electron chi connectivity index (χ3n) is 2.38. The number of hydrogen-bond acceptors (Lipinski definition) is 4. The highest BCUT2D eigenvalue weighted by Crippen LogP contribution is 2.07. The minimum Gasteiger partial charge on any atom is -0.375 e. The van der Waals surface area contributed by atoms with E-state index in [9.17, 15) is 9.59 Å². The molecule has 110 valence electrons. The zero-order chi connectivity index (χ0) is 15.0. The first kappa shape index (κ1) is 16.4. The third-order valence-corrected chi connectivity index (χ3v) is 3.25. The first-order valence-electron chi connectivity index (χ1n) is 6.35. The summed E-state index contributed by atoms with van der Waals surface area (Å²) >= 11 is 1.34. The first-order chi connectivity index (χ1) is 9.50. The minimum absolute atomic E-state index is 0.228. The van der Waals surface area contributed by atoms with Crippen LogP contribution < -0.4 is 10.6 Å². The summed E-state index contributed by atoms with van der Waals surface area (Å²) in [6.45, 7) is 8.55. The third kappa shape index (κ3) is 5.99. The van der Waals surface area contributed by atoms with E-state index in [1.165, 1.54) is 11.3 Å². The molecule has 0 aliphatic heterocycles. The zero-order valence-electron chi connectivity index (χ0n) is 11.8. The van der Waals surface area contributed by atoms with Gasteiger partial charge in [0.15, 0.2) is 0 Å². The van der Waals surface area contributed by atoms with Crippen molar-refractivity contribution in [2.45, 2.75) is 19.9 Å². The molecule has 0 spiro atoms. The first-order valence-corrected chi connectivity index (χ1v) is 7.23. The lowest BCUT2D eigenvalue weighted by atomic mass is 10.3. The summed E-state index contributed by atoms with van der Waals surface area (Å²) in [5.41, 5.74) is 0.938. The van der Waals surface area contributed by atoms with Gasteiger partial charge in [0.25, 0.3) is 5.91 Å². The Morgan fingerprint density at radius 3 is 2.85 bits per heavy atom. The molecule has 0 saturated carbocycles. The van der Waals surface area contributed by atoms with Crippen LogP contribution in [-0.2, 0) is 9.53 Å². The zero-order valence-corrected chi connectivity index (χ0v) is 12.6. The molecule has 0 aliphatic carbocycles. The van der Waals surface area contributed by atoms with E-state index < -0.39 is 6.04 Å². The molecule has 1 heterocycles. The van der Waals surface area contributed by atoms with Gasteiger partial charge in [-0.05, 0) is 25.3 Å². The van der Waals surface area contributed by atoms with Crippen molar-refractivity contribution in [2.75, 3.05) is 19.8 Å². The summed E-state index contributed by atoms with van der Waals surface area (Å²) in [6, 6.07) is 2.94. The highest BCUT2D eigenvalue weighted by molar-refractivity contribution is 7.12. The standard InChI is InChI=1S/C14H20N2O3S/c1-10(2)9-19-7-6-15-13(17)11(3)16-14(18)12-5-4-8-20-12/h4-5,8,11H,1,6-7,9H2,2-3H3,(H,15,17)(H,16,18). The van der Waals surface area contributed by atoms with Gasteiger partial charge in [0, 0.05) is 6.54 Å². The van der Waals surface area contributed by atoms with Gasteiger partial charge in [-0.1, -0.05) is 18.2 Å². The predicted octanol–water partition coefficient (Wildman–Crippen LogP) is 1.58. The van der Waals surface area contributed by atoms with Crippen LogP contribution >= 0.6 is 11.3 Å². The van der Waals surface area contributed by atoms with Crippen LogP contribution in [0.3, 0.4) is 0 Å². The fraction of sp³-hybridized carbons (Fsp3) is 0.429. The number of carbonyl (C=O) groups excluding carboxylic acids is 2. The van der Waals surface area contributed by atoms with Crippen molar-refractivity contribution in [3.8, 4) is 0 Å². The number of carbonyl (C=O) groups is 2. The van der Waals surface area contributed by atoms with E-state index in [-0.39, 0.29) is 11.8 Å². The quantitative estimate of drug-likeness (QED) is 0.565. The summed E-state index contributed by atoms with van der Waals surface area (Å²) in [5, 5.41) is 7.17. The predicted molar refractivity (Wildman–Crippen MR) is 79.9 cm³/mol. The summed E-state index contributed by atoms with van der Waals surface area (Å²) in [4.78, 5) is 24.1. The molecule has 0 aliphatic rings. The van der Waals surface area contributed by atoms with Crippen molar-refractivity contribution in [2.24, 2.45) is 0 Å². The Balaban J connectivity index is 2.22. The van der Waals surface area contributed by atoms with E-state index in [2.05, 4.69) is 17.2 Å². The summed E-state index contributed by atoms with van der Waals surface area (Å²) in [7, 11) is 0. The second kappa shape index (κ2) is 8.50. The van der Waals surface area contributed by atoms with Gasteiger partial charge < -0.3 is 15.4 Å². The van der Waals surface area contributed by atoms with Crippen LogP contribution in [-0.4, -0.2) is 37.6 Å². The largest absolute Gasteiger partial charge is 0.375 e. The van der Waals surface area contributed by atoms with E-state index in [1.807, 2.05) is 12.3 Å². The van der Waals surface area contributed by atoms with Gasteiger partial charge in [0.2, 0.25) is 5.91 Å². The Labute approximate surface area is 123 Å². The topological polar surface area (TPSA) is 67.4 Å². The minimum atomic E-state index is -0.578. The number of hydrogen-bond donors (Lipinski definition) is 2. The molecule has 0 aromatic carbocycles. The number of rotatable bonds is 8. The maximum Gasteiger partial charge on any atom is 0.261 e. The molecular formula is C14H20N2O3S. The molecule has 2 amide bonds. The second-order valence-electron chi connectivity index (χ2n) is 4.47. The fourth-order valence-electron chi connectivity index (χ4n) is 1.39. The van der Waals surface area contributed by atoms with Crippen LogP contribution in [0, 0.1) is 0 Å². The van der Waals surface area contributed by atoms with Crippen molar-refractivity contribution < 1.29 is 14.3 Å². The lowest BCUT2D eigenvalue weighted by Crippen LogP contribution is -2.45. The average Bonchev–Trinajstić information content (AvgIpc) is 2.91. The van der Waals surface area contributed by atoms with E-state index in [1.54, 1.807) is 19.1 Å². The summed E-state index contributed by atoms with van der Waals surface area (Å²) < 4.78 is 5.27. The highest BCUT2D eigenvalue weighted by Gasteiger charge is 2.16. The van der Waals surface area contributed by atoms with Crippen molar-refractivity contribution in [3.63, 3.8) is 0 Å². The maximum absolute atomic E-state index is 11.8. The molecule has 6 heteroatoms. The van der Waals surface area contributed by atoms with Gasteiger partial charge in [-0.2, -0.15) is 0 Å². The molecule has 0 fully saturated rings. The Bertz CT molecular complexity index is 457. The average molecular weight is 296 g/mol. The molecule has 0 saturated heterocycles. The van der Waals surface area contributed by atoms with Gasteiger partial charge in [-0.25, -0.2) is 0 Å². The Kier molecular flexibility index (Phi) is 6.97. The Morgan fingerprint density at radius 2 is 2.25 bits per heavy atom. The van der Waals surface area contributed by atoms with Gasteiger partial charge in [-0.3, -0.25) is 9.59 Å². The molecular weight excluding hydrogens is 276 g/mol. The van der Waals surface area contributed by atoms with Crippen molar-refractivity contribution >= 4 is 23.2 Å². The molecule has 0 radical (unpaired) electrons. The molecule has 20 heavy (non-hydrogen) atoms. The van der Waals surface area contributed by atoms with Crippen LogP contribution in [0.15, 0.2) is 29.7 Å². The van der Waals surface area contributed by atoms with Crippen molar-refractivity contribution in [3.05, 3.63) is 34.5 Å². The lowest BCUT2D eigenvalue weighted by molar-refractivity contribution is -0.122. The highest BCUT2D eigenvalue weighted by atomic mass is 32.1. The summed E-state index contributed by atoms with van der Waals surface area (Å²) in [6.07, 6.45) is 0. The number of ether oxygens (including phenoxy) is 1. The van der Waals surface area contributed by atoms with E-state index >= 15 is 0 Å². The van der Waals surface area contributed by atoms with Gasteiger partial charge in [-0.15, -0.1) is 11.3 Å². The summed E-state index contributed by atoms with van der Waals surface area (Å²) in [5.74, 6) is -0.463. The Morgan fingerprint density at radius 1 is 1.50 bits per heavy atom. The molecule has 1 aromatic heterocycles. The van der Waals surface area contributed by atoms with E-state index in [0.29, 0.717) is 24.6 Å². The monoisotopic (exact) mass is 296 g/mol. The smallest absolute Gasteiger partial charge is 0.261 e. The number of amides is 2. The van der Waals surface area contributed by atoms with Gasteiger partial charge in [0.1, 0.15) is 6.04 Å². The van der Waals surface area contributed by atoms with Crippen LogP contribution in [0.4, 0.5) is 0 Å². The normalized spacial score (nSPS) is 11.7. The van der Waals surface area contributed by atoms with Crippen molar-refractivity contribution in [1.29, 1.82) is 0 Å². The van der Waals surface area contributed by atoms with Crippen LogP contribution in [0.1, 0.15) is 23.5 Å². The van der Waals surface area contributed by atoms with Crippen LogP contribution in [0.2, 0.25) is 0 Å². The molecule has 0 bridgehead atoms. The molecule has 1 aromatic rings. The van der Waals surface area contributed by atoms with Gasteiger partial charge in [0.05, 0.1) is 18.1 Å². The fourth-order valence-corrected chi connectivity index (χ4v) is 2.01. The SMILES string of the molecule is C=C(C)COCCNC(=O)C(C)NC(=O)c1cccs1. The molecule has 1 rings (SSSR count). The van der Waals surface area contributed by atoms with Gasteiger partial charge >= 0.3 is 0 Å². The van der Waals surface area contributed by atoms with E-state index in [4.69, 9.17) is 4.74 Å². The molecule has 2 N–H and O–H groups in total.